The van der Waals surface area contributed by atoms with Gasteiger partial charge in [-0.15, -0.1) is 0 Å². The van der Waals surface area contributed by atoms with Crippen LogP contribution in [0.25, 0.3) is 11.5 Å². The molecule has 2 aromatic heterocycles. The number of rotatable bonds is 6. The lowest BCUT2D eigenvalue weighted by Gasteiger charge is -2.31. The minimum absolute atomic E-state index is 0.140. The first-order chi connectivity index (χ1) is 17.1. The number of fused-ring (bicyclic) bond motifs is 3. The van der Waals surface area contributed by atoms with Crippen LogP contribution in [0.1, 0.15) is 35.0 Å². The number of hydrogen-bond donors (Lipinski definition) is 1. The first-order valence-electron chi connectivity index (χ1n) is 11.7. The number of carbonyl (C=O) groups excluding carboxylic acids is 1. The molecule has 8 heteroatoms. The Morgan fingerprint density at radius 1 is 1.14 bits per heavy atom. The normalized spacial score (nSPS) is 14.8. The summed E-state index contributed by atoms with van der Waals surface area (Å²) in [4.78, 5) is 15.5. The Balaban J connectivity index is 1.66. The average Bonchev–Trinajstić information content (AvgIpc) is 3.42. The maximum Gasteiger partial charge on any atom is 0.318 e. The van der Waals surface area contributed by atoms with Crippen LogP contribution < -0.4 is 5.32 Å². The second kappa shape index (κ2) is 9.98. The quantitative estimate of drug-likeness (QED) is 0.375. The van der Waals surface area contributed by atoms with Crippen molar-refractivity contribution in [1.29, 1.82) is 0 Å². The highest BCUT2D eigenvalue weighted by Gasteiger charge is 2.35. The van der Waals surface area contributed by atoms with Gasteiger partial charge in [0.1, 0.15) is 5.82 Å². The van der Waals surface area contributed by atoms with Crippen molar-refractivity contribution in [2.75, 3.05) is 20.3 Å². The first kappa shape index (κ1) is 23.2. The highest BCUT2D eigenvalue weighted by atomic mass is 35.5. The molecule has 0 saturated carbocycles. The lowest BCUT2D eigenvalue weighted by atomic mass is 10.0. The van der Waals surface area contributed by atoms with Gasteiger partial charge >= 0.3 is 6.03 Å². The van der Waals surface area contributed by atoms with Crippen molar-refractivity contribution in [1.82, 2.24) is 24.6 Å². The molecule has 3 heterocycles. The maximum atomic E-state index is 13.6. The van der Waals surface area contributed by atoms with E-state index in [-0.39, 0.29) is 12.1 Å². The summed E-state index contributed by atoms with van der Waals surface area (Å²) in [6.45, 7) is 3.52. The van der Waals surface area contributed by atoms with Crippen molar-refractivity contribution in [3.8, 4) is 11.5 Å². The fraction of sp³-hybridized carbons (Fsp3) is 0.259. The van der Waals surface area contributed by atoms with Gasteiger partial charge in [0.15, 0.2) is 0 Å². The Morgan fingerprint density at radius 2 is 1.97 bits per heavy atom. The van der Waals surface area contributed by atoms with Crippen LogP contribution in [0.3, 0.4) is 0 Å². The van der Waals surface area contributed by atoms with Gasteiger partial charge in [0, 0.05) is 37.0 Å². The van der Waals surface area contributed by atoms with Gasteiger partial charge in [0.25, 0.3) is 0 Å². The third kappa shape index (κ3) is 4.45. The third-order valence-electron chi connectivity index (χ3n) is 6.31. The van der Waals surface area contributed by atoms with Crippen LogP contribution in [-0.4, -0.2) is 45.5 Å². The molecule has 4 aromatic rings. The number of amides is 2. The van der Waals surface area contributed by atoms with Crippen molar-refractivity contribution in [2.24, 2.45) is 0 Å². The zero-order valence-corrected chi connectivity index (χ0v) is 20.6. The van der Waals surface area contributed by atoms with E-state index in [1.807, 2.05) is 83.4 Å². The molecule has 1 atom stereocenters. The molecule has 0 aliphatic carbocycles. The number of aryl methyl sites for hydroxylation is 1. The Kier molecular flexibility index (Phi) is 6.61. The molecule has 0 unspecified atom stereocenters. The molecule has 0 saturated heterocycles. The number of urea groups is 1. The number of methoxy groups -OCH3 is 1. The molecule has 1 aliphatic heterocycles. The fourth-order valence-electron chi connectivity index (χ4n) is 4.69. The summed E-state index contributed by atoms with van der Waals surface area (Å²) in [7, 11) is 1.66. The summed E-state index contributed by atoms with van der Waals surface area (Å²) in [5.74, 6) is 0.940. The van der Waals surface area contributed by atoms with E-state index in [9.17, 15) is 4.79 Å². The molecule has 1 N–H and O–H groups in total. The number of nitrogens with one attached hydrogen (secondary N) is 1. The zero-order valence-electron chi connectivity index (χ0n) is 19.8. The van der Waals surface area contributed by atoms with Crippen LogP contribution in [0.15, 0.2) is 72.9 Å². The van der Waals surface area contributed by atoms with Gasteiger partial charge in [-0.05, 0) is 55.3 Å². The first-order valence-corrected chi connectivity index (χ1v) is 12.1. The highest BCUT2D eigenvalue weighted by molar-refractivity contribution is 6.30. The molecule has 7 nitrogen and oxygen atoms in total. The van der Waals surface area contributed by atoms with Crippen LogP contribution in [0.5, 0.6) is 0 Å². The SMILES string of the molecule is COCCCNC(=O)N1Cc2c(C)nn(-c3ccccc3)c2-n2cccc2[C@H]1c1cccc(Cl)c1. The van der Waals surface area contributed by atoms with Crippen molar-refractivity contribution in [2.45, 2.75) is 25.9 Å². The van der Waals surface area contributed by atoms with E-state index in [1.165, 1.54) is 0 Å². The zero-order chi connectivity index (χ0) is 24.4. The van der Waals surface area contributed by atoms with E-state index in [1.54, 1.807) is 7.11 Å². The summed E-state index contributed by atoms with van der Waals surface area (Å²) in [6, 6.07) is 21.4. The molecule has 0 bridgehead atoms. The summed E-state index contributed by atoms with van der Waals surface area (Å²) in [6.07, 6.45) is 2.77. The van der Waals surface area contributed by atoms with Gasteiger partial charge in [-0.1, -0.05) is 41.9 Å². The molecular formula is C27H28ClN5O2. The summed E-state index contributed by atoms with van der Waals surface area (Å²) >= 11 is 6.40. The number of nitrogens with zero attached hydrogens (tertiary/aromatic N) is 4. The lowest BCUT2D eigenvalue weighted by Crippen LogP contribution is -2.42. The fourth-order valence-corrected chi connectivity index (χ4v) is 4.89. The van der Waals surface area contributed by atoms with Crippen LogP contribution >= 0.6 is 11.6 Å². The van der Waals surface area contributed by atoms with Crippen LogP contribution in [0, 0.1) is 6.92 Å². The van der Waals surface area contributed by atoms with Crippen molar-refractivity contribution in [3.05, 3.63) is 100 Å². The monoisotopic (exact) mass is 489 g/mol. The minimum atomic E-state index is -0.331. The van der Waals surface area contributed by atoms with Crippen molar-refractivity contribution in [3.63, 3.8) is 0 Å². The number of carbonyl (C=O) groups is 1. The van der Waals surface area contributed by atoms with Crippen LogP contribution in [0.4, 0.5) is 4.79 Å². The number of para-hydroxylation sites is 1. The predicted octanol–water partition coefficient (Wildman–Crippen LogP) is 5.28. The number of ether oxygens (including phenoxy) is 1. The second-order valence-electron chi connectivity index (χ2n) is 8.60. The molecule has 2 amide bonds. The summed E-state index contributed by atoms with van der Waals surface area (Å²) in [5.41, 5.74) is 4.77. The molecule has 35 heavy (non-hydrogen) atoms. The highest BCUT2D eigenvalue weighted by Crippen LogP contribution is 2.38. The molecule has 5 rings (SSSR count). The number of aromatic nitrogens is 3. The molecule has 0 radical (unpaired) electrons. The van der Waals surface area contributed by atoms with Crippen LogP contribution in [-0.2, 0) is 11.3 Å². The van der Waals surface area contributed by atoms with E-state index < -0.39 is 0 Å². The smallest absolute Gasteiger partial charge is 0.318 e. The van der Waals surface area contributed by atoms with E-state index in [4.69, 9.17) is 21.4 Å². The van der Waals surface area contributed by atoms with Crippen molar-refractivity contribution >= 4 is 17.6 Å². The summed E-state index contributed by atoms with van der Waals surface area (Å²) < 4.78 is 9.25. The Bertz CT molecular complexity index is 1330. The number of hydrogen-bond acceptors (Lipinski definition) is 3. The third-order valence-corrected chi connectivity index (χ3v) is 6.55. The summed E-state index contributed by atoms with van der Waals surface area (Å²) in [5, 5.41) is 8.59. The van der Waals surface area contributed by atoms with Gasteiger partial charge in [-0.2, -0.15) is 5.10 Å². The number of benzene rings is 2. The standard InChI is InChI=1S/C27H28ClN5O2/c1-19-23-18-32(27(34)29-14-8-16-35-2)25(20-9-6-10-21(28)17-20)24-13-7-15-31(24)26(23)33(30-19)22-11-4-3-5-12-22/h3-7,9-13,15,17,25H,8,14,16,18H2,1-2H3,(H,29,34)/t25-/m1/s1. The van der Waals surface area contributed by atoms with E-state index in [0.29, 0.717) is 24.7 Å². The molecule has 0 fully saturated rings. The predicted molar refractivity (Wildman–Crippen MR) is 136 cm³/mol. The maximum absolute atomic E-state index is 13.6. The van der Waals surface area contributed by atoms with E-state index in [0.717, 1.165) is 40.4 Å². The largest absolute Gasteiger partial charge is 0.385 e. The lowest BCUT2D eigenvalue weighted by molar-refractivity contribution is 0.174. The molecule has 1 aliphatic rings. The van der Waals surface area contributed by atoms with Gasteiger partial charge in [0.05, 0.1) is 29.7 Å². The van der Waals surface area contributed by atoms with E-state index in [2.05, 4.69) is 16.0 Å². The van der Waals surface area contributed by atoms with E-state index >= 15 is 0 Å². The Morgan fingerprint density at radius 3 is 2.74 bits per heavy atom. The van der Waals surface area contributed by atoms with Crippen LogP contribution in [0.2, 0.25) is 5.02 Å². The Hall–Kier alpha value is -3.55. The van der Waals surface area contributed by atoms with Gasteiger partial charge in [-0.25, -0.2) is 9.48 Å². The minimum Gasteiger partial charge on any atom is -0.385 e. The topological polar surface area (TPSA) is 64.3 Å². The molecule has 2 aromatic carbocycles. The van der Waals surface area contributed by atoms with Gasteiger partial charge in [0.2, 0.25) is 0 Å². The average molecular weight is 490 g/mol. The van der Waals surface area contributed by atoms with Gasteiger partial charge in [-0.3, -0.25) is 0 Å². The molecular weight excluding hydrogens is 462 g/mol. The molecule has 0 spiro atoms. The van der Waals surface area contributed by atoms with Crippen molar-refractivity contribution < 1.29 is 9.53 Å². The van der Waals surface area contributed by atoms with Gasteiger partial charge < -0.3 is 19.5 Å². The Labute approximate surface area is 209 Å². The number of halogens is 1. The molecule has 180 valence electrons. The second-order valence-corrected chi connectivity index (χ2v) is 9.04.